The summed E-state index contributed by atoms with van der Waals surface area (Å²) in [5, 5.41) is 9.99. The number of hydrogen-bond donors (Lipinski definition) is 1. The lowest BCUT2D eigenvalue weighted by atomic mass is 9.93. The molecule has 1 rings (SSSR count). The molecule has 1 aromatic rings. The summed E-state index contributed by atoms with van der Waals surface area (Å²) in [6.45, 7) is 4.80. The molecule has 0 aromatic heterocycles. The Morgan fingerprint density at radius 1 is 1.17 bits per heavy atom. The largest absolute Gasteiger partial charge is 0.491 e. The summed E-state index contributed by atoms with van der Waals surface area (Å²) in [6, 6.07) is 9.68. The Labute approximate surface area is 111 Å². The van der Waals surface area contributed by atoms with E-state index in [0.717, 1.165) is 18.6 Å². The number of para-hydroxylation sites is 1. The standard InChI is InChI=1S/C16H26O2/c1-3-5-9-14(4-2)12-15(17)13-18-16-10-7-6-8-11-16/h6-8,10-11,14-15,17H,3-5,9,12-13H2,1-2H3. The molecule has 0 aliphatic carbocycles. The van der Waals surface area contributed by atoms with Crippen LogP contribution in [0.25, 0.3) is 0 Å². The van der Waals surface area contributed by atoms with Gasteiger partial charge in [0.05, 0.1) is 6.10 Å². The molecule has 2 heteroatoms. The van der Waals surface area contributed by atoms with Gasteiger partial charge in [0.2, 0.25) is 0 Å². The first-order valence-corrected chi connectivity index (χ1v) is 7.12. The van der Waals surface area contributed by atoms with E-state index in [1.54, 1.807) is 0 Å². The zero-order chi connectivity index (χ0) is 13.2. The molecule has 0 bridgehead atoms. The van der Waals surface area contributed by atoms with Crippen LogP contribution in [-0.2, 0) is 0 Å². The number of unbranched alkanes of at least 4 members (excludes halogenated alkanes) is 1. The molecule has 0 saturated carbocycles. The van der Waals surface area contributed by atoms with Gasteiger partial charge >= 0.3 is 0 Å². The maximum atomic E-state index is 9.99. The molecule has 0 spiro atoms. The predicted molar refractivity (Wildman–Crippen MR) is 75.9 cm³/mol. The lowest BCUT2D eigenvalue weighted by Gasteiger charge is -2.19. The summed E-state index contributed by atoms with van der Waals surface area (Å²) in [6.07, 6.45) is 5.34. The number of benzene rings is 1. The number of hydrogen-bond acceptors (Lipinski definition) is 2. The van der Waals surface area contributed by atoms with Gasteiger partial charge in [-0.05, 0) is 24.5 Å². The van der Waals surface area contributed by atoms with Crippen LogP contribution in [0.4, 0.5) is 0 Å². The summed E-state index contributed by atoms with van der Waals surface area (Å²) in [5.74, 6) is 1.46. The molecule has 0 saturated heterocycles. The van der Waals surface area contributed by atoms with E-state index in [4.69, 9.17) is 4.74 Å². The van der Waals surface area contributed by atoms with Crippen molar-refractivity contribution in [2.24, 2.45) is 5.92 Å². The summed E-state index contributed by atoms with van der Waals surface area (Å²) < 4.78 is 5.57. The van der Waals surface area contributed by atoms with Crippen LogP contribution in [0.5, 0.6) is 5.75 Å². The Morgan fingerprint density at radius 2 is 1.89 bits per heavy atom. The molecular weight excluding hydrogens is 224 g/mol. The SMILES string of the molecule is CCCCC(CC)CC(O)COc1ccccc1. The average molecular weight is 250 g/mol. The molecular formula is C16H26O2. The van der Waals surface area contributed by atoms with E-state index in [1.165, 1.54) is 19.3 Å². The first kappa shape index (κ1) is 15.0. The van der Waals surface area contributed by atoms with Crippen molar-refractivity contribution in [3.8, 4) is 5.75 Å². The number of ether oxygens (including phenoxy) is 1. The van der Waals surface area contributed by atoms with E-state index in [1.807, 2.05) is 30.3 Å². The Hall–Kier alpha value is -1.02. The van der Waals surface area contributed by atoms with Gasteiger partial charge in [0, 0.05) is 0 Å². The maximum absolute atomic E-state index is 9.99. The van der Waals surface area contributed by atoms with Gasteiger partial charge in [0.1, 0.15) is 12.4 Å². The van der Waals surface area contributed by atoms with Gasteiger partial charge in [0.15, 0.2) is 0 Å². The molecule has 0 aliphatic heterocycles. The zero-order valence-electron chi connectivity index (χ0n) is 11.6. The highest BCUT2D eigenvalue weighted by Crippen LogP contribution is 2.19. The molecule has 2 unspecified atom stereocenters. The van der Waals surface area contributed by atoms with E-state index in [2.05, 4.69) is 13.8 Å². The van der Waals surface area contributed by atoms with Crippen LogP contribution in [0.3, 0.4) is 0 Å². The smallest absolute Gasteiger partial charge is 0.119 e. The summed E-state index contributed by atoms with van der Waals surface area (Å²) in [7, 11) is 0. The predicted octanol–water partition coefficient (Wildman–Crippen LogP) is 4.03. The van der Waals surface area contributed by atoms with Crippen LogP contribution in [-0.4, -0.2) is 17.8 Å². The molecule has 2 nitrogen and oxygen atoms in total. The van der Waals surface area contributed by atoms with Crippen LogP contribution in [0, 0.1) is 5.92 Å². The van der Waals surface area contributed by atoms with E-state index in [-0.39, 0.29) is 6.10 Å². The third-order valence-electron chi connectivity index (χ3n) is 3.33. The highest BCUT2D eigenvalue weighted by atomic mass is 16.5. The fraction of sp³-hybridized carbons (Fsp3) is 0.625. The number of rotatable bonds is 9. The van der Waals surface area contributed by atoms with Crippen LogP contribution in [0.1, 0.15) is 46.0 Å². The minimum Gasteiger partial charge on any atom is -0.491 e. The van der Waals surface area contributed by atoms with Crippen LogP contribution in [0.15, 0.2) is 30.3 Å². The second-order valence-corrected chi connectivity index (χ2v) is 4.93. The Balaban J connectivity index is 2.25. The first-order chi connectivity index (χ1) is 8.76. The van der Waals surface area contributed by atoms with Crippen LogP contribution >= 0.6 is 0 Å². The Morgan fingerprint density at radius 3 is 2.50 bits per heavy atom. The Kier molecular flexibility index (Phi) is 7.51. The molecule has 1 N–H and O–H groups in total. The number of aliphatic hydroxyl groups excluding tert-OH is 1. The van der Waals surface area contributed by atoms with Crippen molar-refractivity contribution < 1.29 is 9.84 Å². The van der Waals surface area contributed by atoms with Crippen molar-refractivity contribution in [1.29, 1.82) is 0 Å². The molecule has 1 aromatic carbocycles. The molecule has 102 valence electrons. The quantitative estimate of drug-likeness (QED) is 0.717. The molecule has 0 aliphatic rings. The molecule has 0 radical (unpaired) electrons. The summed E-state index contributed by atoms with van der Waals surface area (Å²) >= 11 is 0. The van der Waals surface area contributed by atoms with Crippen molar-refractivity contribution in [3.05, 3.63) is 30.3 Å². The van der Waals surface area contributed by atoms with Crippen molar-refractivity contribution in [2.45, 2.75) is 52.1 Å². The molecule has 2 atom stereocenters. The van der Waals surface area contributed by atoms with Gasteiger partial charge in [-0.1, -0.05) is 57.7 Å². The minimum absolute atomic E-state index is 0.355. The lowest BCUT2D eigenvalue weighted by molar-refractivity contribution is 0.0822. The minimum atomic E-state index is -0.355. The van der Waals surface area contributed by atoms with Crippen LogP contribution < -0.4 is 4.74 Å². The van der Waals surface area contributed by atoms with Crippen molar-refractivity contribution in [3.63, 3.8) is 0 Å². The topological polar surface area (TPSA) is 29.5 Å². The zero-order valence-corrected chi connectivity index (χ0v) is 11.6. The maximum Gasteiger partial charge on any atom is 0.119 e. The van der Waals surface area contributed by atoms with E-state index < -0.39 is 0 Å². The molecule has 18 heavy (non-hydrogen) atoms. The highest BCUT2D eigenvalue weighted by Gasteiger charge is 2.13. The monoisotopic (exact) mass is 250 g/mol. The molecule has 0 fully saturated rings. The molecule has 0 amide bonds. The second kappa shape index (κ2) is 8.98. The van der Waals surface area contributed by atoms with Gasteiger partial charge in [-0.15, -0.1) is 0 Å². The normalized spacial score (nSPS) is 14.2. The number of aliphatic hydroxyl groups is 1. The molecule has 0 heterocycles. The van der Waals surface area contributed by atoms with Gasteiger partial charge in [0.25, 0.3) is 0 Å². The van der Waals surface area contributed by atoms with Crippen molar-refractivity contribution in [2.75, 3.05) is 6.61 Å². The van der Waals surface area contributed by atoms with Crippen molar-refractivity contribution in [1.82, 2.24) is 0 Å². The average Bonchev–Trinajstić information content (AvgIpc) is 2.42. The second-order valence-electron chi connectivity index (χ2n) is 4.93. The van der Waals surface area contributed by atoms with E-state index >= 15 is 0 Å². The lowest BCUT2D eigenvalue weighted by Crippen LogP contribution is -2.21. The highest BCUT2D eigenvalue weighted by molar-refractivity contribution is 5.20. The van der Waals surface area contributed by atoms with Gasteiger partial charge < -0.3 is 9.84 Å². The van der Waals surface area contributed by atoms with Crippen molar-refractivity contribution >= 4 is 0 Å². The van der Waals surface area contributed by atoms with Gasteiger partial charge in [-0.2, -0.15) is 0 Å². The third kappa shape index (κ3) is 6.06. The fourth-order valence-electron chi connectivity index (χ4n) is 2.14. The van der Waals surface area contributed by atoms with Gasteiger partial charge in [-0.25, -0.2) is 0 Å². The van der Waals surface area contributed by atoms with Gasteiger partial charge in [-0.3, -0.25) is 0 Å². The van der Waals surface area contributed by atoms with E-state index in [9.17, 15) is 5.11 Å². The first-order valence-electron chi connectivity index (χ1n) is 7.12. The van der Waals surface area contributed by atoms with Crippen LogP contribution in [0.2, 0.25) is 0 Å². The Bertz CT molecular complexity index is 297. The summed E-state index contributed by atoms with van der Waals surface area (Å²) in [4.78, 5) is 0. The summed E-state index contributed by atoms with van der Waals surface area (Å²) in [5.41, 5.74) is 0. The fourth-order valence-corrected chi connectivity index (χ4v) is 2.14. The van der Waals surface area contributed by atoms with E-state index in [0.29, 0.717) is 12.5 Å². The third-order valence-corrected chi connectivity index (χ3v) is 3.33.